The Morgan fingerprint density at radius 3 is 2.15 bits per heavy atom. The van der Waals surface area contributed by atoms with Crippen LogP contribution in [0.4, 0.5) is 18.9 Å². The normalized spacial score (nSPS) is 11.6. The predicted octanol–water partition coefficient (Wildman–Crippen LogP) is 5.31. The maximum atomic E-state index is 12.9. The number of sulfonamides is 1. The molecule has 0 unspecified atom stereocenters. The SMILES string of the molecule is CC(=O)CCCC(=O)NS(=O)(=O)c1ccccc1NC(=O)c1ccc(CCc2cccc(C(F)(F)F)c2)cc1. The lowest BCUT2D eigenvalue weighted by Crippen LogP contribution is -2.31. The summed E-state index contributed by atoms with van der Waals surface area (Å²) < 4.78 is 66.3. The van der Waals surface area contributed by atoms with Crippen LogP contribution in [0.3, 0.4) is 0 Å². The summed E-state index contributed by atoms with van der Waals surface area (Å²) in [6, 6.07) is 17.1. The lowest BCUT2D eigenvalue weighted by molar-refractivity contribution is -0.137. The zero-order valence-corrected chi connectivity index (χ0v) is 21.9. The highest BCUT2D eigenvalue weighted by molar-refractivity contribution is 7.90. The van der Waals surface area contributed by atoms with Crippen LogP contribution >= 0.6 is 0 Å². The van der Waals surface area contributed by atoms with Gasteiger partial charge in [-0.2, -0.15) is 13.2 Å². The number of aryl methyl sites for hydroxylation is 2. The number of ketones is 1. The number of carbonyl (C=O) groups excluding carboxylic acids is 3. The highest BCUT2D eigenvalue weighted by atomic mass is 32.2. The van der Waals surface area contributed by atoms with E-state index in [2.05, 4.69) is 5.32 Å². The molecule has 0 aliphatic carbocycles. The van der Waals surface area contributed by atoms with Crippen LogP contribution in [-0.4, -0.2) is 26.0 Å². The average molecular weight is 561 g/mol. The first kappa shape index (κ1) is 29.6. The van der Waals surface area contributed by atoms with Gasteiger partial charge in [0.2, 0.25) is 5.91 Å². The molecule has 0 saturated carbocycles. The molecule has 7 nitrogen and oxygen atoms in total. The van der Waals surface area contributed by atoms with Gasteiger partial charge in [0.25, 0.3) is 15.9 Å². The van der Waals surface area contributed by atoms with Gasteiger partial charge in [-0.1, -0.05) is 42.5 Å². The van der Waals surface area contributed by atoms with Gasteiger partial charge in [0.15, 0.2) is 0 Å². The predicted molar refractivity (Wildman–Crippen MR) is 140 cm³/mol. The molecule has 3 rings (SSSR count). The minimum absolute atomic E-state index is 0.0276. The number of nitrogens with one attached hydrogen (secondary N) is 2. The number of para-hydroxylation sites is 1. The largest absolute Gasteiger partial charge is 0.416 e. The molecule has 2 amide bonds. The zero-order chi connectivity index (χ0) is 28.6. The Morgan fingerprint density at radius 1 is 0.821 bits per heavy atom. The molecule has 0 fully saturated rings. The Balaban J connectivity index is 1.64. The molecule has 0 aliphatic heterocycles. The van der Waals surface area contributed by atoms with E-state index < -0.39 is 33.6 Å². The van der Waals surface area contributed by atoms with Gasteiger partial charge in [-0.25, -0.2) is 13.1 Å². The van der Waals surface area contributed by atoms with E-state index in [9.17, 15) is 36.0 Å². The van der Waals surface area contributed by atoms with E-state index in [1.807, 2.05) is 4.72 Å². The first-order valence-corrected chi connectivity index (χ1v) is 13.5. The molecule has 0 spiro atoms. The van der Waals surface area contributed by atoms with Gasteiger partial charge in [0.05, 0.1) is 11.3 Å². The van der Waals surface area contributed by atoms with Crippen LogP contribution in [0.1, 0.15) is 53.2 Å². The molecule has 2 N–H and O–H groups in total. The van der Waals surface area contributed by atoms with Gasteiger partial charge in [-0.3, -0.25) is 9.59 Å². The third-order valence-corrected chi connectivity index (χ3v) is 7.21. The van der Waals surface area contributed by atoms with Gasteiger partial charge < -0.3 is 10.1 Å². The van der Waals surface area contributed by atoms with E-state index in [-0.39, 0.29) is 41.2 Å². The summed E-state index contributed by atoms with van der Waals surface area (Å²) in [6.45, 7) is 1.38. The molecule has 11 heteroatoms. The molecule has 0 aliphatic rings. The number of carbonyl (C=O) groups is 3. The van der Waals surface area contributed by atoms with Crippen LogP contribution in [0.5, 0.6) is 0 Å². The number of amides is 2. The number of halogens is 3. The van der Waals surface area contributed by atoms with Crippen molar-refractivity contribution in [3.05, 3.63) is 95.1 Å². The molecule has 206 valence electrons. The van der Waals surface area contributed by atoms with Gasteiger partial charge in [0.1, 0.15) is 10.7 Å². The zero-order valence-electron chi connectivity index (χ0n) is 21.0. The molecule has 3 aromatic rings. The summed E-state index contributed by atoms with van der Waals surface area (Å²) in [5.41, 5.74) is 0.843. The molecule has 0 saturated heterocycles. The lowest BCUT2D eigenvalue weighted by Gasteiger charge is -2.13. The number of benzene rings is 3. The fourth-order valence-corrected chi connectivity index (χ4v) is 4.95. The lowest BCUT2D eigenvalue weighted by atomic mass is 10.0. The van der Waals surface area contributed by atoms with Gasteiger partial charge >= 0.3 is 6.18 Å². The highest BCUT2D eigenvalue weighted by Crippen LogP contribution is 2.30. The van der Waals surface area contributed by atoms with Gasteiger partial charge in [-0.05, 0) is 67.6 Å². The number of hydrogen-bond acceptors (Lipinski definition) is 5. The van der Waals surface area contributed by atoms with Crippen LogP contribution in [0, 0.1) is 0 Å². The number of Topliss-reactive ketones (excluding diaryl/α,β-unsaturated/α-hetero) is 1. The van der Waals surface area contributed by atoms with Crippen LogP contribution in [0.2, 0.25) is 0 Å². The summed E-state index contributed by atoms with van der Waals surface area (Å²) in [5, 5.41) is 2.54. The maximum Gasteiger partial charge on any atom is 0.416 e. The molecule has 0 bridgehead atoms. The summed E-state index contributed by atoms with van der Waals surface area (Å²) in [7, 11) is -4.29. The third kappa shape index (κ3) is 8.78. The highest BCUT2D eigenvalue weighted by Gasteiger charge is 2.30. The van der Waals surface area contributed by atoms with Crippen LogP contribution in [-0.2, 0) is 38.6 Å². The van der Waals surface area contributed by atoms with Crippen molar-refractivity contribution in [2.24, 2.45) is 0 Å². The monoisotopic (exact) mass is 560 g/mol. The summed E-state index contributed by atoms with van der Waals surface area (Å²) >= 11 is 0. The average Bonchev–Trinajstić information content (AvgIpc) is 2.87. The first-order chi connectivity index (χ1) is 18.3. The molecular formula is C28H27F3N2O5S. The quantitative estimate of drug-likeness (QED) is 0.331. The molecule has 3 aromatic carbocycles. The van der Waals surface area contributed by atoms with Crippen molar-refractivity contribution in [1.82, 2.24) is 4.72 Å². The van der Waals surface area contributed by atoms with Crippen molar-refractivity contribution >= 4 is 33.3 Å². The Hall–Kier alpha value is -3.99. The van der Waals surface area contributed by atoms with E-state index in [0.717, 1.165) is 17.7 Å². The Morgan fingerprint density at radius 2 is 1.49 bits per heavy atom. The van der Waals surface area contributed by atoms with Crippen LogP contribution < -0.4 is 10.0 Å². The van der Waals surface area contributed by atoms with Gasteiger partial charge in [0, 0.05) is 18.4 Å². The molecule has 0 radical (unpaired) electrons. The molecule has 0 atom stereocenters. The number of rotatable bonds is 11. The van der Waals surface area contributed by atoms with E-state index in [4.69, 9.17) is 0 Å². The van der Waals surface area contributed by atoms with E-state index in [0.29, 0.717) is 18.4 Å². The van der Waals surface area contributed by atoms with Crippen molar-refractivity contribution in [2.45, 2.75) is 50.1 Å². The Kier molecular flexibility index (Phi) is 9.63. The van der Waals surface area contributed by atoms with E-state index >= 15 is 0 Å². The van der Waals surface area contributed by atoms with Crippen LogP contribution in [0.15, 0.2) is 77.7 Å². The molecule has 39 heavy (non-hydrogen) atoms. The second kappa shape index (κ2) is 12.7. The standard InChI is InChI=1S/C28H27F3N2O5S/c1-19(34)6-4-11-26(35)33-39(37,38)25-10-3-2-9-24(25)32-27(36)22-16-14-20(15-17-22)12-13-21-7-5-8-23(18-21)28(29,30)31/h2-3,5,7-10,14-18H,4,6,11-13H2,1H3,(H,32,36)(H,33,35). The Bertz CT molecular complexity index is 1450. The number of anilines is 1. The van der Waals surface area contributed by atoms with Crippen molar-refractivity contribution in [2.75, 3.05) is 5.32 Å². The minimum atomic E-state index is -4.41. The van der Waals surface area contributed by atoms with Gasteiger partial charge in [-0.15, -0.1) is 0 Å². The molecule has 0 heterocycles. The fourth-order valence-electron chi connectivity index (χ4n) is 3.77. The Labute approximate surface area is 224 Å². The summed E-state index contributed by atoms with van der Waals surface area (Å²) in [6.07, 6.45) is -3.36. The van der Waals surface area contributed by atoms with E-state index in [1.165, 1.54) is 49.4 Å². The summed E-state index contributed by atoms with van der Waals surface area (Å²) in [5.74, 6) is -1.46. The van der Waals surface area contributed by atoms with E-state index in [1.54, 1.807) is 18.2 Å². The topological polar surface area (TPSA) is 109 Å². The fraction of sp³-hybridized carbons (Fsp3) is 0.250. The first-order valence-electron chi connectivity index (χ1n) is 12.1. The van der Waals surface area contributed by atoms with Crippen molar-refractivity contribution in [3.8, 4) is 0 Å². The third-order valence-electron chi connectivity index (χ3n) is 5.78. The number of alkyl halides is 3. The van der Waals surface area contributed by atoms with Crippen molar-refractivity contribution in [1.29, 1.82) is 0 Å². The number of hydrogen-bond donors (Lipinski definition) is 2. The minimum Gasteiger partial charge on any atom is -0.321 e. The molecular weight excluding hydrogens is 533 g/mol. The smallest absolute Gasteiger partial charge is 0.321 e. The van der Waals surface area contributed by atoms with Crippen LogP contribution in [0.25, 0.3) is 0 Å². The maximum absolute atomic E-state index is 12.9. The summed E-state index contributed by atoms with van der Waals surface area (Å²) in [4.78, 5) is 35.6. The van der Waals surface area contributed by atoms with Crippen molar-refractivity contribution in [3.63, 3.8) is 0 Å². The molecule has 0 aromatic heterocycles. The van der Waals surface area contributed by atoms with Crippen molar-refractivity contribution < 1.29 is 36.0 Å². The second-order valence-electron chi connectivity index (χ2n) is 8.93. The second-order valence-corrected chi connectivity index (χ2v) is 10.6.